The Morgan fingerprint density at radius 3 is 2.79 bits per heavy atom. The molecule has 0 aliphatic carbocycles. The number of nitrogens with zero attached hydrogens (tertiary/aromatic N) is 4. The topological polar surface area (TPSA) is 157 Å². The molecule has 4 atom stereocenters. The lowest BCUT2D eigenvalue weighted by Gasteiger charge is -2.32. The van der Waals surface area contributed by atoms with Gasteiger partial charge in [0.1, 0.15) is 36.5 Å². The van der Waals surface area contributed by atoms with E-state index in [4.69, 9.17) is 10.5 Å². The number of fused-ring (bicyclic) bond motifs is 1. The summed E-state index contributed by atoms with van der Waals surface area (Å²) >= 11 is 0. The highest BCUT2D eigenvalue weighted by atomic mass is 16.6. The smallest absolute Gasteiger partial charge is 0.236 e. The highest BCUT2D eigenvalue weighted by Gasteiger charge is 2.60. The third kappa shape index (κ3) is 2.18. The number of aromatic nitrogens is 4. The highest BCUT2D eigenvalue weighted by Crippen LogP contribution is 2.39. The van der Waals surface area contributed by atoms with Crippen molar-refractivity contribution < 1.29 is 24.9 Å². The van der Waals surface area contributed by atoms with Gasteiger partial charge in [0, 0.05) is 6.42 Å². The van der Waals surface area contributed by atoms with Gasteiger partial charge in [-0.1, -0.05) is 6.92 Å². The maximum atomic E-state index is 12.8. The maximum Gasteiger partial charge on any atom is 0.236 e. The molecule has 0 aromatic carbocycles. The van der Waals surface area contributed by atoms with E-state index < -0.39 is 36.4 Å². The summed E-state index contributed by atoms with van der Waals surface area (Å²) in [5.74, 6) is -0.340. The number of nitrogen functional groups attached to an aromatic ring is 1. The molecule has 0 unspecified atom stereocenters. The standard InChI is InChI=1S/C14H19N5O5/c1-2-3-8(21)14(11(23)10(22)7(4-20)24-14)19-6-18-9-12(15)16-5-17-13(9)19/h5-7,10-11,20,22-23H,2-4H2,1H3,(H2,15,16,17)/t7-,10-,11-,14-/m1/s1. The van der Waals surface area contributed by atoms with Crippen LogP contribution in [-0.4, -0.2) is 65.5 Å². The van der Waals surface area contributed by atoms with Gasteiger partial charge in [-0.05, 0) is 6.42 Å². The van der Waals surface area contributed by atoms with Crippen molar-refractivity contribution in [3.63, 3.8) is 0 Å². The molecule has 3 rings (SSSR count). The second-order valence-electron chi connectivity index (χ2n) is 5.69. The van der Waals surface area contributed by atoms with Gasteiger partial charge < -0.3 is 25.8 Å². The van der Waals surface area contributed by atoms with Crippen LogP contribution in [0.25, 0.3) is 11.2 Å². The molecule has 3 heterocycles. The van der Waals surface area contributed by atoms with Gasteiger partial charge >= 0.3 is 0 Å². The van der Waals surface area contributed by atoms with Crippen molar-refractivity contribution in [3.8, 4) is 0 Å². The van der Waals surface area contributed by atoms with E-state index in [2.05, 4.69) is 15.0 Å². The number of hydrogen-bond acceptors (Lipinski definition) is 9. The SMILES string of the molecule is CCCC(=O)[C@@]1(n2cnc3c(N)ncnc32)O[C@H](CO)[C@@H](O)[C@H]1O. The molecule has 1 aliphatic heterocycles. The van der Waals surface area contributed by atoms with E-state index in [0.717, 1.165) is 0 Å². The summed E-state index contributed by atoms with van der Waals surface area (Å²) in [4.78, 5) is 24.8. The Bertz CT molecular complexity index is 765. The number of carbonyl (C=O) groups excluding carboxylic acids is 1. The summed E-state index contributed by atoms with van der Waals surface area (Å²) in [6.45, 7) is 1.25. The Morgan fingerprint density at radius 2 is 2.17 bits per heavy atom. The van der Waals surface area contributed by atoms with Crippen LogP contribution >= 0.6 is 0 Å². The van der Waals surface area contributed by atoms with E-state index in [1.54, 1.807) is 6.92 Å². The molecule has 10 nitrogen and oxygen atoms in total. The van der Waals surface area contributed by atoms with Gasteiger partial charge in [0.05, 0.1) is 6.61 Å². The van der Waals surface area contributed by atoms with Crippen molar-refractivity contribution in [3.05, 3.63) is 12.7 Å². The van der Waals surface area contributed by atoms with Crippen LogP contribution in [0.15, 0.2) is 12.7 Å². The number of Topliss-reactive ketones (excluding diaryl/α,β-unsaturated/α-hetero) is 1. The third-order valence-electron chi connectivity index (χ3n) is 4.21. The molecule has 1 fully saturated rings. The Kier molecular flexibility index (Phi) is 4.22. The number of aliphatic hydroxyl groups excluding tert-OH is 3. The molecule has 0 amide bonds. The lowest BCUT2D eigenvalue weighted by molar-refractivity contribution is -0.174. The second kappa shape index (κ2) is 6.06. The number of imidazole rings is 1. The van der Waals surface area contributed by atoms with Crippen LogP contribution in [0.5, 0.6) is 0 Å². The predicted molar refractivity (Wildman–Crippen MR) is 81.6 cm³/mol. The zero-order valence-electron chi connectivity index (χ0n) is 13.0. The van der Waals surface area contributed by atoms with E-state index in [9.17, 15) is 20.1 Å². The van der Waals surface area contributed by atoms with Crippen molar-refractivity contribution in [2.24, 2.45) is 0 Å². The molecule has 1 saturated heterocycles. The average molecular weight is 337 g/mol. The molecule has 2 aromatic rings. The van der Waals surface area contributed by atoms with Gasteiger partial charge in [0.2, 0.25) is 5.72 Å². The number of ether oxygens (including phenoxy) is 1. The van der Waals surface area contributed by atoms with Crippen LogP contribution < -0.4 is 5.73 Å². The van der Waals surface area contributed by atoms with Crippen LogP contribution in [0.2, 0.25) is 0 Å². The minimum absolute atomic E-state index is 0.0994. The number of carbonyl (C=O) groups is 1. The van der Waals surface area contributed by atoms with E-state index in [-0.39, 0.29) is 23.4 Å². The fourth-order valence-electron chi connectivity index (χ4n) is 3.02. The van der Waals surface area contributed by atoms with Gasteiger partial charge in [0.25, 0.3) is 0 Å². The molecule has 1 aliphatic rings. The largest absolute Gasteiger partial charge is 0.394 e. The number of hydrogen-bond donors (Lipinski definition) is 4. The Balaban J connectivity index is 2.22. The maximum absolute atomic E-state index is 12.8. The lowest BCUT2D eigenvalue weighted by atomic mass is 9.95. The minimum atomic E-state index is -1.93. The molecule has 10 heteroatoms. The number of anilines is 1. The van der Waals surface area contributed by atoms with Gasteiger partial charge in [0.15, 0.2) is 17.2 Å². The van der Waals surface area contributed by atoms with Crippen LogP contribution in [0.4, 0.5) is 5.82 Å². The molecule has 0 saturated carbocycles. The zero-order valence-corrected chi connectivity index (χ0v) is 13.0. The molecular formula is C14H19N5O5. The van der Waals surface area contributed by atoms with Gasteiger partial charge in [-0.15, -0.1) is 0 Å². The monoisotopic (exact) mass is 337 g/mol. The van der Waals surface area contributed by atoms with Gasteiger partial charge in [-0.3, -0.25) is 9.36 Å². The molecule has 130 valence electrons. The van der Waals surface area contributed by atoms with Crippen LogP contribution in [0, 0.1) is 0 Å². The summed E-state index contributed by atoms with van der Waals surface area (Å²) < 4.78 is 6.90. The molecular weight excluding hydrogens is 318 g/mol. The minimum Gasteiger partial charge on any atom is -0.394 e. The lowest BCUT2D eigenvalue weighted by Crippen LogP contribution is -2.51. The van der Waals surface area contributed by atoms with Crippen molar-refractivity contribution in [2.45, 2.75) is 43.8 Å². The number of aliphatic hydroxyl groups is 3. The summed E-state index contributed by atoms with van der Waals surface area (Å²) in [6, 6.07) is 0. The van der Waals surface area contributed by atoms with Crippen LogP contribution in [0.1, 0.15) is 19.8 Å². The van der Waals surface area contributed by atoms with E-state index in [1.165, 1.54) is 17.2 Å². The van der Waals surface area contributed by atoms with Crippen LogP contribution in [-0.2, 0) is 15.3 Å². The zero-order chi connectivity index (χ0) is 17.5. The molecule has 2 aromatic heterocycles. The number of rotatable bonds is 5. The van der Waals surface area contributed by atoms with Crippen LogP contribution in [0.3, 0.4) is 0 Å². The summed E-state index contributed by atoms with van der Waals surface area (Å²) in [7, 11) is 0. The summed E-state index contributed by atoms with van der Waals surface area (Å²) in [5, 5.41) is 30.1. The Hall–Kier alpha value is -2.14. The Morgan fingerprint density at radius 1 is 1.42 bits per heavy atom. The normalized spacial score (nSPS) is 30.1. The first-order chi connectivity index (χ1) is 11.5. The van der Waals surface area contributed by atoms with Crippen molar-refractivity contribution in [1.29, 1.82) is 0 Å². The quantitative estimate of drug-likeness (QED) is 0.512. The average Bonchev–Trinajstić information content (AvgIpc) is 3.10. The molecule has 0 spiro atoms. The highest BCUT2D eigenvalue weighted by molar-refractivity contribution is 5.89. The van der Waals surface area contributed by atoms with E-state index in [0.29, 0.717) is 6.42 Å². The van der Waals surface area contributed by atoms with E-state index in [1.807, 2.05) is 0 Å². The fraction of sp³-hybridized carbons (Fsp3) is 0.571. The summed E-state index contributed by atoms with van der Waals surface area (Å²) in [6.07, 6.45) is -1.07. The Labute approximate surface area is 136 Å². The third-order valence-corrected chi connectivity index (χ3v) is 4.21. The van der Waals surface area contributed by atoms with Crippen molar-refractivity contribution in [1.82, 2.24) is 19.5 Å². The second-order valence-corrected chi connectivity index (χ2v) is 5.69. The first-order valence-electron chi connectivity index (χ1n) is 7.59. The molecule has 0 radical (unpaired) electrons. The van der Waals surface area contributed by atoms with Gasteiger partial charge in [-0.25, -0.2) is 15.0 Å². The first kappa shape index (κ1) is 16.7. The molecule has 24 heavy (non-hydrogen) atoms. The van der Waals surface area contributed by atoms with Gasteiger partial charge in [-0.2, -0.15) is 0 Å². The number of ketones is 1. The van der Waals surface area contributed by atoms with Crippen molar-refractivity contribution in [2.75, 3.05) is 12.3 Å². The molecule has 0 bridgehead atoms. The first-order valence-corrected chi connectivity index (χ1v) is 7.59. The molecule has 5 N–H and O–H groups in total. The van der Waals surface area contributed by atoms with E-state index >= 15 is 0 Å². The summed E-state index contributed by atoms with van der Waals surface area (Å²) in [5.41, 5.74) is 4.27. The fourth-order valence-corrected chi connectivity index (χ4v) is 3.02. The number of nitrogens with two attached hydrogens (primary N) is 1. The van der Waals surface area contributed by atoms with Crippen molar-refractivity contribution >= 4 is 22.8 Å². The predicted octanol–water partition coefficient (Wildman–Crippen LogP) is -1.46.